The number of hydrogen-bond acceptors (Lipinski definition) is 5. The maximum absolute atomic E-state index is 8.25. The summed E-state index contributed by atoms with van der Waals surface area (Å²) < 4.78 is 0. The van der Waals surface area contributed by atoms with Gasteiger partial charge >= 0.3 is 0 Å². The van der Waals surface area contributed by atoms with Crippen molar-refractivity contribution in [3.63, 3.8) is 0 Å². The Morgan fingerprint density at radius 1 is 1.29 bits per heavy atom. The van der Waals surface area contributed by atoms with E-state index in [9.17, 15) is 0 Å². The molecular weight excluding hydrogens is 149 g/mol. The monoisotopic (exact) mass is 153 g/mol. The van der Waals surface area contributed by atoms with Crippen LogP contribution in [0.1, 0.15) is 0 Å². The molecule has 0 fully saturated rings. The predicted octanol–water partition coefficient (Wildman–Crippen LogP) is -1.42. The first-order valence-corrected chi connectivity index (χ1v) is 0.881. The summed E-state index contributed by atoms with van der Waals surface area (Å²) in [6, 6.07) is 0. The summed E-state index contributed by atoms with van der Waals surface area (Å²) in [6.45, 7) is 0. The van der Waals surface area contributed by atoms with Crippen LogP contribution in [0.4, 0.5) is 0 Å². The summed E-state index contributed by atoms with van der Waals surface area (Å²) in [5, 5.41) is 14.8. The number of hydrogen-bond donors (Lipinski definition) is 2. The first kappa shape index (κ1) is 16.0. The van der Waals surface area contributed by atoms with Gasteiger partial charge in [-0.25, -0.2) is 0 Å². The quantitative estimate of drug-likeness (QED) is 0.251. The predicted molar refractivity (Wildman–Crippen MR) is 18.7 cm³/mol. The molecule has 0 aliphatic carbocycles. The van der Waals surface area contributed by atoms with Crippen LogP contribution in [0, 0.1) is 15.3 Å². The van der Waals surface area contributed by atoms with Crippen molar-refractivity contribution in [2.75, 3.05) is 0 Å². The van der Waals surface area contributed by atoms with Crippen molar-refractivity contribution < 1.29 is 21.9 Å². The molecule has 4 N–H and O–H groups in total. The van der Waals surface area contributed by atoms with Crippen LogP contribution in [-0.2, 0) is 16.8 Å². The second-order valence-corrected chi connectivity index (χ2v) is 0.224. The van der Waals surface area contributed by atoms with Crippen LogP contribution in [0.2, 0.25) is 0 Å². The van der Waals surface area contributed by atoms with Crippen molar-refractivity contribution in [1.29, 1.82) is 0 Å². The average Bonchev–Trinajstić information content (AvgIpc) is 1.41. The van der Waals surface area contributed by atoms with E-state index < -0.39 is 5.09 Å². The van der Waals surface area contributed by atoms with E-state index in [4.69, 9.17) is 15.3 Å². The van der Waals surface area contributed by atoms with Gasteiger partial charge < -0.3 is 15.3 Å². The smallest absolute Gasteiger partial charge is 0.0689 e. The summed E-state index contributed by atoms with van der Waals surface area (Å²) >= 11 is 0. The molecule has 0 amide bonds. The van der Waals surface area contributed by atoms with Crippen molar-refractivity contribution in [3.05, 3.63) is 15.3 Å². The Hall–Kier alpha value is -0.374. The third kappa shape index (κ3) is 530. The van der Waals surface area contributed by atoms with Crippen LogP contribution < -0.4 is 11.7 Å². The Kier molecular flexibility index (Phi) is 39.8. The number of hydrazine groups is 1. The Labute approximate surface area is 49.8 Å². The number of nitrogens with zero attached hydrogens (tertiary/aromatic N) is 1. The van der Waals surface area contributed by atoms with Crippen LogP contribution >= 0.6 is 0 Å². The SMILES string of the molecule is NN.O=[N+]([O-])[O-].[Co]. The van der Waals surface area contributed by atoms with Crippen molar-refractivity contribution >= 4 is 0 Å². The molecule has 0 aliphatic rings. The summed E-state index contributed by atoms with van der Waals surface area (Å²) in [7, 11) is 0. The molecule has 0 aromatic heterocycles. The van der Waals surface area contributed by atoms with E-state index in [1.807, 2.05) is 0 Å². The minimum absolute atomic E-state index is 0. The van der Waals surface area contributed by atoms with Gasteiger partial charge in [0.25, 0.3) is 0 Å². The van der Waals surface area contributed by atoms with Crippen molar-refractivity contribution in [2.45, 2.75) is 0 Å². The Balaban J connectivity index is -0.0000000480. The van der Waals surface area contributed by atoms with Crippen molar-refractivity contribution in [1.82, 2.24) is 0 Å². The molecule has 0 bridgehead atoms. The molecule has 0 rings (SSSR count). The van der Waals surface area contributed by atoms with Gasteiger partial charge in [-0.15, -0.1) is 0 Å². The molecule has 0 atom stereocenters. The summed E-state index contributed by atoms with van der Waals surface area (Å²) in [5.74, 6) is 8.00. The summed E-state index contributed by atoms with van der Waals surface area (Å²) in [5.41, 5.74) is 0. The van der Waals surface area contributed by atoms with Crippen LogP contribution in [0.3, 0.4) is 0 Å². The first-order chi connectivity index (χ1) is 2.73. The van der Waals surface area contributed by atoms with Gasteiger partial charge in [-0.2, -0.15) is 0 Å². The standard InChI is InChI=1S/Co.H4N2.NO3/c;1-2;2-1(3)4/h;1-2H2;/q;;-1. The maximum atomic E-state index is 8.25. The zero-order chi connectivity index (χ0) is 5.58. The van der Waals surface area contributed by atoms with Gasteiger partial charge in [0.05, 0.1) is 5.09 Å². The topological polar surface area (TPSA) is 118 Å². The molecular formula is H4CoN3O3-. The van der Waals surface area contributed by atoms with E-state index in [2.05, 4.69) is 11.7 Å². The van der Waals surface area contributed by atoms with E-state index in [0.29, 0.717) is 0 Å². The zero-order valence-electron chi connectivity index (χ0n) is 3.16. The van der Waals surface area contributed by atoms with E-state index in [0.717, 1.165) is 0 Å². The average molecular weight is 153 g/mol. The molecule has 0 unspecified atom stereocenters. The maximum Gasteiger partial charge on any atom is 0.0689 e. The summed E-state index contributed by atoms with van der Waals surface area (Å²) in [6.07, 6.45) is 0. The number of rotatable bonds is 0. The zero-order valence-corrected chi connectivity index (χ0v) is 4.20. The van der Waals surface area contributed by atoms with Crippen molar-refractivity contribution in [2.24, 2.45) is 11.7 Å². The summed E-state index contributed by atoms with van der Waals surface area (Å²) in [4.78, 5) is 8.25. The van der Waals surface area contributed by atoms with Crippen LogP contribution in [0.5, 0.6) is 0 Å². The van der Waals surface area contributed by atoms with Gasteiger partial charge in [-0.05, 0) is 0 Å². The molecule has 0 saturated heterocycles. The first-order valence-electron chi connectivity index (χ1n) is 0.881. The van der Waals surface area contributed by atoms with Crippen LogP contribution in [-0.4, -0.2) is 5.09 Å². The van der Waals surface area contributed by atoms with Gasteiger partial charge in [0, 0.05) is 16.8 Å². The fraction of sp³-hybridized carbons (Fsp3) is 0. The molecule has 1 radical (unpaired) electrons. The third-order valence-electron chi connectivity index (χ3n) is 0. The Morgan fingerprint density at radius 2 is 1.29 bits per heavy atom. The molecule has 47 valence electrons. The number of nitrogens with two attached hydrogens (primary N) is 2. The van der Waals surface area contributed by atoms with E-state index in [1.165, 1.54) is 0 Å². The molecule has 0 spiro atoms. The van der Waals surface area contributed by atoms with Gasteiger partial charge in [-0.3, -0.25) is 11.7 Å². The third-order valence-corrected chi connectivity index (χ3v) is 0. The molecule has 0 aliphatic heterocycles. The molecule has 7 heteroatoms. The van der Waals surface area contributed by atoms with E-state index in [1.54, 1.807) is 0 Å². The van der Waals surface area contributed by atoms with Gasteiger partial charge in [0.2, 0.25) is 0 Å². The van der Waals surface area contributed by atoms with Gasteiger partial charge in [-0.1, -0.05) is 0 Å². The minimum atomic E-state index is -1.75. The second-order valence-electron chi connectivity index (χ2n) is 0.224. The fourth-order valence-electron chi connectivity index (χ4n) is 0. The van der Waals surface area contributed by atoms with Crippen LogP contribution in [0.25, 0.3) is 0 Å². The van der Waals surface area contributed by atoms with E-state index in [-0.39, 0.29) is 16.8 Å². The fourth-order valence-corrected chi connectivity index (χ4v) is 0. The molecule has 0 aromatic rings. The minimum Gasteiger partial charge on any atom is -0.356 e. The molecule has 0 aromatic carbocycles. The Morgan fingerprint density at radius 3 is 1.29 bits per heavy atom. The second kappa shape index (κ2) is 17.5. The van der Waals surface area contributed by atoms with Crippen molar-refractivity contribution in [3.8, 4) is 0 Å². The molecule has 7 heavy (non-hydrogen) atoms. The molecule has 6 nitrogen and oxygen atoms in total. The van der Waals surface area contributed by atoms with E-state index >= 15 is 0 Å². The van der Waals surface area contributed by atoms with Gasteiger partial charge in [0.15, 0.2) is 0 Å². The largest absolute Gasteiger partial charge is 0.356 e. The normalized spacial score (nSPS) is 4.29. The molecule has 0 heterocycles. The van der Waals surface area contributed by atoms with Crippen LogP contribution in [0.15, 0.2) is 0 Å². The van der Waals surface area contributed by atoms with Gasteiger partial charge in [0.1, 0.15) is 0 Å². The molecule has 0 saturated carbocycles. The Bertz CT molecular complexity index is 33.2.